The summed E-state index contributed by atoms with van der Waals surface area (Å²) in [6.45, 7) is 1.76. The van der Waals surface area contributed by atoms with Gasteiger partial charge < -0.3 is 19.2 Å². The van der Waals surface area contributed by atoms with Gasteiger partial charge in [-0.25, -0.2) is 0 Å². The number of nitro groups is 1. The van der Waals surface area contributed by atoms with Crippen molar-refractivity contribution < 1.29 is 36.8 Å². The Kier molecular flexibility index (Phi) is 7.67. The summed E-state index contributed by atoms with van der Waals surface area (Å²) in [7, 11) is 0. The van der Waals surface area contributed by atoms with Crippen LogP contribution in [-0.4, -0.2) is 16.9 Å². The molecule has 0 spiro atoms. The molecule has 0 aliphatic heterocycles. The molecule has 0 aliphatic rings. The summed E-state index contributed by atoms with van der Waals surface area (Å²) in [6.07, 6.45) is -4.01. The molecule has 3 rings (SSSR count). The first kappa shape index (κ1) is 24.9. The number of benzene rings is 2. The molecule has 3 aromatic rings. The zero-order valence-electron chi connectivity index (χ0n) is 17.6. The number of carbonyl (C=O) groups is 1. The van der Waals surface area contributed by atoms with Crippen molar-refractivity contribution in [3.05, 3.63) is 81.3 Å². The van der Waals surface area contributed by atoms with E-state index in [0.717, 1.165) is 24.3 Å². The van der Waals surface area contributed by atoms with E-state index in [1.807, 2.05) is 0 Å². The maximum Gasteiger partial charge on any atom is 0.416 e. The minimum Gasteiger partial charge on any atom is -0.473 e. The second-order valence-corrected chi connectivity index (χ2v) is 7.35. The number of halogens is 4. The quantitative estimate of drug-likeness (QED) is 0.281. The largest absolute Gasteiger partial charge is 0.473 e. The van der Waals surface area contributed by atoms with Gasteiger partial charge in [-0.2, -0.15) is 13.2 Å². The van der Waals surface area contributed by atoms with Crippen molar-refractivity contribution in [3.63, 3.8) is 0 Å². The number of nitrogens with zero attached hydrogens (tertiary/aromatic N) is 1. The average molecular weight is 499 g/mol. The number of rotatable bonds is 9. The summed E-state index contributed by atoms with van der Waals surface area (Å²) in [4.78, 5) is 23.2. The fourth-order valence-electron chi connectivity index (χ4n) is 2.87. The molecule has 0 saturated carbocycles. The molecule has 8 nitrogen and oxygen atoms in total. The number of ether oxygens (including phenoxy) is 2. The molecular formula is C22H18ClF3N2O6. The highest BCUT2D eigenvalue weighted by atomic mass is 35.5. The first-order valence-electron chi connectivity index (χ1n) is 9.88. The predicted molar refractivity (Wildman–Crippen MR) is 115 cm³/mol. The van der Waals surface area contributed by atoms with Crippen LogP contribution in [0.1, 0.15) is 24.7 Å². The molecule has 0 fully saturated rings. The molecule has 2 aromatic carbocycles. The Bertz CT molecular complexity index is 1170. The van der Waals surface area contributed by atoms with E-state index >= 15 is 0 Å². The van der Waals surface area contributed by atoms with E-state index in [4.69, 9.17) is 25.5 Å². The van der Waals surface area contributed by atoms with E-state index in [2.05, 4.69) is 5.32 Å². The van der Waals surface area contributed by atoms with E-state index in [1.165, 1.54) is 12.3 Å². The minimum absolute atomic E-state index is 0.00751. The van der Waals surface area contributed by atoms with Crippen LogP contribution < -0.4 is 14.8 Å². The number of amides is 1. The summed E-state index contributed by atoms with van der Waals surface area (Å²) < 4.78 is 54.8. The van der Waals surface area contributed by atoms with Crippen molar-refractivity contribution in [1.29, 1.82) is 0 Å². The Balaban J connectivity index is 1.80. The first-order chi connectivity index (χ1) is 16.1. The zero-order valence-corrected chi connectivity index (χ0v) is 18.4. The van der Waals surface area contributed by atoms with Crippen molar-refractivity contribution in [2.75, 3.05) is 0 Å². The lowest BCUT2D eigenvalue weighted by Gasteiger charge is -2.18. The van der Waals surface area contributed by atoms with Crippen molar-refractivity contribution in [2.45, 2.75) is 32.2 Å². The molecule has 34 heavy (non-hydrogen) atoms. The van der Waals surface area contributed by atoms with E-state index in [-0.39, 0.29) is 35.2 Å². The van der Waals surface area contributed by atoms with Crippen LogP contribution in [0.3, 0.4) is 0 Å². The fourth-order valence-corrected chi connectivity index (χ4v) is 3.09. The topological polar surface area (TPSA) is 104 Å². The molecule has 1 unspecified atom stereocenters. The lowest BCUT2D eigenvalue weighted by atomic mass is 10.2. The summed E-state index contributed by atoms with van der Waals surface area (Å²) in [5.74, 6) is -0.361. The van der Waals surface area contributed by atoms with Crippen LogP contribution in [0.5, 0.6) is 17.2 Å². The highest BCUT2D eigenvalue weighted by Crippen LogP contribution is 2.38. The van der Waals surface area contributed by atoms with Gasteiger partial charge in [0.1, 0.15) is 17.3 Å². The van der Waals surface area contributed by atoms with Gasteiger partial charge in [-0.1, -0.05) is 18.5 Å². The third kappa shape index (κ3) is 6.19. The van der Waals surface area contributed by atoms with Crippen LogP contribution in [0.4, 0.5) is 18.9 Å². The molecule has 1 atom stereocenters. The van der Waals surface area contributed by atoms with Crippen molar-refractivity contribution >= 4 is 23.2 Å². The van der Waals surface area contributed by atoms with Gasteiger partial charge in [0, 0.05) is 12.1 Å². The predicted octanol–water partition coefficient (Wildman–Crippen LogP) is 6.13. The van der Waals surface area contributed by atoms with E-state index in [9.17, 15) is 28.1 Å². The van der Waals surface area contributed by atoms with E-state index in [0.29, 0.717) is 11.8 Å². The van der Waals surface area contributed by atoms with Gasteiger partial charge in [-0.05, 0) is 42.8 Å². The normalized spacial score (nSPS) is 12.1. The number of carbonyl (C=O) groups excluding carboxylic acids is 1. The molecule has 0 aliphatic carbocycles. The van der Waals surface area contributed by atoms with Gasteiger partial charge >= 0.3 is 11.9 Å². The molecule has 1 heterocycles. The summed E-state index contributed by atoms with van der Waals surface area (Å²) in [5.41, 5.74) is -1.38. The van der Waals surface area contributed by atoms with Crippen molar-refractivity contribution in [1.82, 2.24) is 5.32 Å². The monoisotopic (exact) mass is 498 g/mol. The Labute approximate surface area is 196 Å². The lowest BCUT2D eigenvalue weighted by molar-refractivity contribution is -0.386. The molecule has 0 radical (unpaired) electrons. The number of hydrogen-bond donors (Lipinski definition) is 1. The standard InChI is InChI=1S/C22H18ClF3N2O6/c1-2-18(21(29)27-12-15-4-3-9-32-15)34-20-11-14(6-7-17(20)28(30)31)33-19-8-5-13(10-16(19)23)22(24,25)26/h3-11,18H,2,12H2,1H3,(H,27,29). The van der Waals surface area contributed by atoms with Gasteiger partial charge in [0.25, 0.3) is 5.91 Å². The van der Waals surface area contributed by atoms with Gasteiger partial charge in [-0.3, -0.25) is 14.9 Å². The highest BCUT2D eigenvalue weighted by Gasteiger charge is 2.31. The van der Waals surface area contributed by atoms with Gasteiger partial charge in [-0.15, -0.1) is 0 Å². The molecule has 0 saturated heterocycles. The van der Waals surface area contributed by atoms with Crippen LogP contribution in [-0.2, 0) is 17.5 Å². The highest BCUT2D eigenvalue weighted by molar-refractivity contribution is 6.32. The number of nitro benzene ring substituents is 1. The van der Waals surface area contributed by atoms with E-state index in [1.54, 1.807) is 19.1 Å². The summed E-state index contributed by atoms with van der Waals surface area (Å²) in [5, 5.41) is 13.8. The van der Waals surface area contributed by atoms with Gasteiger partial charge in [0.05, 0.1) is 28.3 Å². The second-order valence-electron chi connectivity index (χ2n) is 6.94. The van der Waals surface area contributed by atoms with Crippen LogP contribution in [0.2, 0.25) is 5.02 Å². The van der Waals surface area contributed by atoms with Crippen molar-refractivity contribution in [3.8, 4) is 17.2 Å². The molecule has 12 heteroatoms. The second kappa shape index (κ2) is 10.5. The molecule has 1 aromatic heterocycles. The SMILES string of the molecule is CCC(Oc1cc(Oc2ccc(C(F)(F)F)cc2Cl)ccc1[N+](=O)[O-])C(=O)NCc1ccco1. The number of nitrogens with one attached hydrogen (secondary N) is 1. The smallest absolute Gasteiger partial charge is 0.416 e. The molecule has 180 valence electrons. The maximum atomic E-state index is 12.8. The summed E-state index contributed by atoms with van der Waals surface area (Å²) >= 11 is 5.91. The van der Waals surface area contributed by atoms with Gasteiger partial charge in [0.2, 0.25) is 5.75 Å². The lowest BCUT2D eigenvalue weighted by Crippen LogP contribution is -2.37. The molecule has 1 amide bonds. The summed E-state index contributed by atoms with van der Waals surface area (Å²) in [6, 6.07) is 9.34. The molecular weight excluding hydrogens is 481 g/mol. The van der Waals surface area contributed by atoms with Crippen LogP contribution in [0, 0.1) is 10.1 Å². The van der Waals surface area contributed by atoms with Crippen LogP contribution in [0.25, 0.3) is 0 Å². The average Bonchev–Trinajstić information content (AvgIpc) is 3.30. The van der Waals surface area contributed by atoms with Crippen LogP contribution in [0.15, 0.2) is 59.2 Å². The molecule has 1 N–H and O–H groups in total. The van der Waals surface area contributed by atoms with E-state index < -0.39 is 34.4 Å². The van der Waals surface area contributed by atoms with Gasteiger partial charge in [0.15, 0.2) is 6.10 Å². The third-order valence-corrected chi connectivity index (χ3v) is 4.86. The fraction of sp³-hybridized carbons (Fsp3) is 0.227. The zero-order chi connectivity index (χ0) is 24.9. The van der Waals surface area contributed by atoms with Crippen LogP contribution >= 0.6 is 11.6 Å². The maximum absolute atomic E-state index is 12.8. The Morgan fingerprint density at radius 2 is 1.97 bits per heavy atom. The Morgan fingerprint density at radius 1 is 1.21 bits per heavy atom. The number of alkyl halides is 3. The minimum atomic E-state index is -4.58. The number of furan rings is 1. The Morgan fingerprint density at radius 3 is 2.56 bits per heavy atom. The number of hydrogen-bond acceptors (Lipinski definition) is 6. The Hall–Kier alpha value is -3.73. The third-order valence-electron chi connectivity index (χ3n) is 4.56. The first-order valence-corrected chi connectivity index (χ1v) is 10.3. The molecule has 0 bridgehead atoms. The van der Waals surface area contributed by atoms with Crippen molar-refractivity contribution in [2.24, 2.45) is 0 Å².